The van der Waals surface area contributed by atoms with Gasteiger partial charge in [0.05, 0.1) is 12.2 Å². The van der Waals surface area contributed by atoms with Crippen LogP contribution < -0.4 is 4.90 Å². The minimum absolute atomic E-state index is 0.824. The summed E-state index contributed by atoms with van der Waals surface area (Å²) in [6.07, 6.45) is 3.65. The Morgan fingerprint density at radius 3 is 2.73 bits per heavy atom. The lowest BCUT2D eigenvalue weighted by atomic mass is 10.0. The SMILES string of the molecule is Cc1cccc(-c2nc3cccnn3c2-c2ccnc(N(C)Cc3cccs3)c2)c1. The van der Waals surface area contributed by atoms with Gasteiger partial charge in [-0.25, -0.2) is 14.5 Å². The van der Waals surface area contributed by atoms with E-state index in [4.69, 9.17) is 4.98 Å². The van der Waals surface area contributed by atoms with E-state index in [1.165, 1.54) is 10.4 Å². The fourth-order valence-electron chi connectivity index (χ4n) is 3.63. The van der Waals surface area contributed by atoms with Gasteiger partial charge in [-0.2, -0.15) is 5.10 Å². The van der Waals surface area contributed by atoms with Crippen molar-refractivity contribution in [3.63, 3.8) is 0 Å². The molecule has 0 aliphatic carbocycles. The molecule has 0 aliphatic rings. The number of thiophene rings is 1. The van der Waals surface area contributed by atoms with Crippen LogP contribution >= 0.6 is 11.3 Å². The van der Waals surface area contributed by atoms with Crippen molar-refractivity contribution in [1.29, 1.82) is 0 Å². The third-order valence-electron chi connectivity index (χ3n) is 5.07. The largest absolute Gasteiger partial charge is 0.355 e. The molecule has 0 spiro atoms. The van der Waals surface area contributed by atoms with E-state index in [0.717, 1.165) is 40.5 Å². The number of benzene rings is 1. The normalized spacial score (nSPS) is 11.1. The molecule has 5 aromatic rings. The first-order valence-electron chi connectivity index (χ1n) is 9.80. The maximum absolute atomic E-state index is 4.90. The quantitative estimate of drug-likeness (QED) is 0.385. The number of rotatable bonds is 5. The van der Waals surface area contributed by atoms with E-state index in [-0.39, 0.29) is 0 Å². The predicted octanol–water partition coefficient (Wildman–Crippen LogP) is 5.46. The summed E-state index contributed by atoms with van der Waals surface area (Å²) >= 11 is 1.76. The number of hydrogen-bond donors (Lipinski definition) is 0. The highest BCUT2D eigenvalue weighted by molar-refractivity contribution is 7.09. The molecule has 1 aromatic carbocycles. The number of fused-ring (bicyclic) bond motifs is 1. The molecule has 0 saturated carbocycles. The van der Waals surface area contributed by atoms with E-state index in [9.17, 15) is 0 Å². The Hall–Kier alpha value is -3.51. The number of imidazole rings is 1. The third-order valence-corrected chi connectivity index (χ3v) is 5.93. The highest BCUT2D eigenvalue weighted by atomic mass is 32.1. The first kappa shape index (κ1) is 18.5. The van der Waals surface area contributed by atoms with Crippen LogP contribution in [0.4, 0.5) is 5.82 Å². The van der Waals surface area contributed by atoms with Crippen LogP contribution in [0.1, 0.15) is 10.4 Å². The highest BCUT2D eigenvalue weighted by Gasteiger charge is 2.18. The van der Waals surface area contributed by atoms with Gasteiger partial charge in [0.15, 0.2) is 5.65 Å². The molecule has 0 N–H and O–H groups in total. The molecule has 4 heterocycles. The molecule has 0 fully saturated rings. The van der Waals surface area contributed by atoms with Crippen LogP contribution in [-0.4, -0.2) is 26.6 Å². The summed E-state index contributed by atoms with van der Waals surface area (Å²) in [7, 11) is 2.07. The van der Waals surface area contributed by atoms with E-state index >= 15 is 0 Å². The number of hydrogen-bond acceptors (Lipinski definition) is 5. The molecule has 5 nitrogen and oxygen atoms in total. The van der Waals surface area contributed by atoms with Gasteiger partial charge in [0.25, 0.3) is 0 Å². The molecule has 30 heavy (non-hydrogen) atoms. The van der Waals surface area contributed by atoms with Crippen LogP contribution in [0.15, 0.2) is 78.4 Å². The maximum atomic E-state index is 4.90. The molecule has 0 atom stereocenters. The molecule has 6 heteroatoms. The van der Waals surface area contributed by atoms with Crippen molar-refractivity contribution in [2.75, 3.05) is 11.9 Å². The molecule has 5 rings (SSSR count). The van der Waals surface area contributed by atoms with Gasteiger partial charge >= 0.3 is 0 Å². The monoisotopic (exact) mass is 411 g/mol. The van der Waals surface area contributed by atoms with Gasteiger partial charge in [0.2, 0.25) is 0 Å². The molecule has 4 aromatic heterocycles. The Bertz CT molecular complexity index is 1310. The van der Waals surface area contributed by atoms with Crippen molar-refractivity contribution in [2.24, 2.45) is 0 Å². The minimum Gasteiger partial charge on any atom is -0.355 e. The Kier molecular flexibility index (Phi) is 4.77. The van der Waals surface area contributed by atoms with E-state index in [1.54, 1.807) is 17.5 Å². The Labute approximate surface area is 179 Å². The fourth-order valence-corrected chi connectivity index (χ4v) is 4.39. The topological polar surface area (TPSA) is 46.3 Å². The molecule has 0 saturated heterocycles. The summed E-state index contributed by atoms with van der Waals surface area (Å²) in [5.74, 6) is 0.918. The van der Waals surface area contributed by atoms with Crippen molar-refractivity contribution >= 4 is 22.8 Å². The summed E-state index contributed by atoms with van der Waals surface area (Å²) in [5, 5.41) is 6.69. The fraction of sp³-hybridized carbons (Fsp3) is 0.125. The summed E-state index contributed by atoms with van der Waals surface area (Å²) in [6.45, 7) is 2.92. The van der Waals surface area contributed by atoms with E-state index in [0.29, 0.717) is 0 Å². The number of nitrogens with zero attached hydrogens (tertiary/aromatic N) is 5. The van der Waals surface area contributed by atoms with Gasteiger partial charge in [0, 0.05) is 35.4 Å². The summed E-state index contributed by atoms with van der Waals surface area (Å²) in [4.78, 5) is 13.0. The van der Waals surface area contributed by atoms with Crippen molar-refractivity contribution in [1.82, 2.24) is 19.6 Å². The first-order chi connectivity index (χ1) is 14.7. The zero-order valence-corrected chi connectivity index (χ0v) is 17.7. The highest BCUT2D eigenvalue weighted by Crippen LogP contribution is 2.33. The number of pyridine rings is 1. The minimum atomic E-state index is 0.824. The lowest BCUT2D eigenvalue weighted by Gasteiger charge is -2.18. The van der Waals surface area contributed by atoms with Gasteiger partial charge in [-0.15, -0.1) is 11.3 Å². The smallest absolute Gasteiger partial charge is 0.154 e. The second-order valence-electron chi connectivity index (χ2n) is 7.31. The molecule has 0 unspecified atom stereocenters. The Balaban J connectivity index is 1.63. The van der Waals surface area contributed by atoms with Gasteiger partial charge < -0.3 is 4.90 Å². The standard InChI is InChI=1S/C24H21N5S/c1-17-6-3-7-18(14-17)23-24(29-21(27-23)9-4-11-26-29)19-10-12-25-22(15-19)28(2)16-20-8-5-13-30-20/h3-15H,16H2,1-2H3. The van der Waals surface area contributed by atoms with Crippen molar-refractivity contribution in [3.05, 3.63) is 88.9 Å². The van der Waals surface area contributed by atoms with Gasteiger partial charge in [-0.05, 0) is 48.7 Å². The maximum Gasteiger partial charge on any atom is 0.154 e. The van der Waals surface area contributed by atoms with Crippen LogP contribution in [-0.2, 0) is 6.54 Å². The van der Waals surface area contributed by atoms with Gasteiger partial charge in [-0.3, -0.25) is 0 Å². The number of anilines is 1. The molecule has 0 amide bonds. The molecular weight excluding hydrogens is 390 g/mol. The molecule has 0 aliphatic heterocycles. The van der Waals surface area contributed by atoms with Crippen molar-refractivity contribution in [3.8, 4) is 22.5 Å². The average molecular weight is 412 g/mol. The van der Waals surface area contributed by atoms with Crippen molar-refractivity contribution < 1.29 is 0 Å². The van der Waals surface area contributed by atoms with Crippen LogP contribution in [0.5, 0.6) is 0 Å². The predicted molar refractivity (Wildman–Crippen MR) is 123 cm³/mol. The van der Waals surface area contributed by atoms with E-state index in [1.807, 2.05) is 28.9 Å². The zero-order valence-electron chi connectivity index (χ0n) is 16.9. The second-order valence-corrected chi connectivity index (χ2v) is 8.34. The zero-order chi connectivity index (χ0) is 20.5. The molecule has 0 radical (unpaired) electrons. The van der Waals surface area contributed by atoms with Crippen LogP contribution in [0.25, 0.3) is 28.2 Å². The molecular formula is C24H21N5S. The van der Waals surface area contributed by atoms with Crippen LogP contribution in [0.2, 0.25) is 0 Å². The number of aryl methyl sites for hydroxylation is 1. The van der Waals surface area contributed by atoms with Gasteiger partial charge in [-0.1, -0.05) is 29.8 Å². The lowest BCUT2D eigenvalue weighted by molar-refractivity contribution is 0.910. The lowest BCUT2D eigenvalue weighted by Crippen LogP contribution is -2.16. The van der Waals surface area contributed by atoms with E-state index < -0.39 is 0 Å². The van der Waals surface area contributed by atoms with Crippen LogP contribution in [0, 0.1) is 6.92 Å². The van der Waals surface area contributed by atoms with Crippen molar-refractivity contribution in [2.45, 2.75) is 13.5 Å². The molecule has 0 bridgehead atoms. The number of aromatic nitrogens is 4. The average Bonchev–Trinajstić information content (AvgIpc) is 3.41. The first-order valence-corrected chi connectivity index (χ1v) is 10.7. The Morgan fingerprint density at radius 2 is 1.90 bits per heavy atom. The summed E-state index contributed by atoms with van der Waals surface area (Å²) in [5.41, 5.74) is 6.06. The summed E-state index contributed by atoms with van der Waals surface area (Å²) < 4.78 is 1.91. The third kappa shape index (κ3) is 3.46. The molecule has 148 valence electrons. The Morgan fingerprint density at radius 1 is 0.967 bits per heavy atom. The van der Waals surface area contributed by atoms with Crippen LogP contribution in [0.3, 0.4) is 0 Å². The van der Waals surface area contributed by atoms with Gasteiger partial charge in [0.1, 0.15) is 11.5 Å². The second kappa shape index (κ2) is 7.72. The van der Waals surface area contributed by atoms with E-state index in [2.05, 4.69) is 76.8 Å². The summed E-state index contributed by atoms with van der Waals surface area (Å²) in [6, 6.07) is 20.7.